The van der Waals surface area contributed by atoms with E-state index in [0.717, 1.165) is 36.8 Å². The molecule has 1 atom stereocenters. The summed E-state index contributed by atoms with van der Waals surface area (Å²) in [6.07, 6.45) is 4.94. The summed E-state index contributed by atoms with van der Waals surface area (Å²) in [5.74, 6) is 0.974. The van der Waals surface area contributed by atoms with Crippen LogP contribution in [-0.2, 0) is 22.6 Å². The second-order valence-corrected chi connectivity index (χ2v) is 9.46. The summed E-state index contributed by atoms with van der Waals surface area (Å²) in [6, 6.07) is 10.3. The minimum Gasteiger partial charge on any atom is -0.493 e. The van der Waals surface area contributed by atoms with Crippen LogP contribution < -0.4 is 14.8 Å². The molecule has 0 spiro atoms. The summed E-state index contributed by atoms with van der Waals surface area (Å²) in [5, 5.41) is 4.09. The lowest BCUT2D eigenvalue weighted by Crippen LogP contribution is -2.49. The van der Waals surface area contributed by atoms with Gasteiger partial charge < -0.3 is 19.7 Å². The van der Waals surface area contributed by atoms with Gasteiger partial charge in [-0.25, -0.2) is 0 Å². The highest BCUT2D eigenvalue weighted by atomic mass is 35.5. The van der Waals surface area contributed by atoms with E-state index < -0.39 is 6.04 Å². The maximum atomic E-state index is 13.4. The highest BCUT2D eigenvalue weighted by Crippen LogP contribution is 2.28. The molecule has 34 heavy (non-hydrogen) atoms. The summed E-state index contributed by atoms with van der Waals surface area (Å²) in [6.45, 7) is 1.99. The molecule has 1 saturated carbocycles. The molecule has 1 aliphatic rings. The first kappa shape index (κ1) is 26.2. The third kappa shape index (κ3) is 6.80. The molecule has 3 rings (SSSR count). The predicted molar refractivity (Wildman–Crippen MR) is 135 cm³/mol. The predicted octanol–water partition coefficient (Wildman–Crippen LogP) is 5.42. The van der Waals surface area contributed by atoms with Crippen LogP contribution in [0.15, 0.2) is 36.4 Å². The minimum atomic E-state index is -0.634. The van der Waals surface area contributed by atoms with Crippen molar-refractivity contribution < 1.29 is 19.1 Å². The zero-order chi connectivity index (χ0) is 24.7. The van der Waals surface area contributed by atoms with E-state index in [1.54, 1.807) is 44.2 Å². The highest BCUT2D eigenvalue weighted by molar-refractivity contribution is 6.35. The topological polar surface area (TPSA) is 67.9 Å². The molecule has 0 bridgehead atoms. The Morgan fingerprint density at radius 2 is 1.76 bits per heavy atom. The van der Waals surface area contributed by atoms with Crippen LogP contribution in [0.2, 0.25) is 10.0 Å². The highest BCUT2D eigenvalue weighted by Gasteiger charge is 2.28. The normalized spacial score (nSPS) is 14.5. The molecule has 0 radical (unpaired) electrons. The van der Waals surface area contributed by atoms with E-state index in [4.69, 9.17) is 32.7 Å². The van der Waals surface area contributed by atoms with E-state index in [1.807, 2.05) is 18.2 Å². The van der Waals surface area contributed by atoms with E-state index in [1.165, 1.54) is 0 Å². The maximum absolute atomic E-state index is 13.4. The molecule has 0 aliphatic heterocycles. The van der Waals surface area contributed by atoms with E-state index in [2.05, 4.69) is 5.32 Å². The number of rotatable bonds is 10. The number of carbonyl (C=O) groups is 2. The molecule has 0 heterocycles. The average Bonchev–Trinajstić information content (AvgIpc) is 3.34. The first-order chi connectivity index (χ1) is 16.3. The lowest BCUT2D eigenvalue weighted by atomic mass is 10.1. The number of benzene rings is 2. The van der Waals surface area contributed by atoms with Gasteiger partial charge in [-0.3, -0.25) is 9.59 Å². The van der Waals surface area contributed by atoms with Crippen molar-refractivity contribution in [1.82, 2.24) is 10.2 Å². The largest absolute Gasteiger partial charge is 0.493 e. The molecule has 0 saturated heterocycles. The summed E-state index contributed by atoms with van der Waals surface area (Å²) in [7, 11) is 3.16. The van der Waals surface area contributed by atoms with Crippen LogP contribution in [0.25, 0.3) is 0 Å². The van der Waals surface area contributed by atoms with Gasteiger partial charge in [0.25, 0.3) is 0 Å². The van der Waals surface area contributed by atoms with E-state index in [9.17, 15) is 9.59 Å². The van der Waals surface area contributed by atoms with Crippen LogP contribution >= 0.6 is 23.2 Å². The fourth-order valence-corrected chi connectivity index (χ4v) is 4.71. The molecule has 2 aromatic rings. The number of hydrogen-bond acceptors (Lipinski definition) is 4. The van der Waals surface area contributed by atoms with E-state index in [-0.39, 0.29) is 30.8 Å². The Morgan fingerprint density at radius 3 is 2.41 bits per heavy atom. The van der Waals surface area contributed by atoms with Crippen LogP contribution in [0, 0.1) is 0 Å². The molecule has 2 aromatic carbocycles. The Hall–Kier alpha value is -2.44. The average molecular weight is 507 g/mol. The number of methoxy groups -OCH3 is 2. The summed E-state index contributed by atoms with van der Waals surface area (Å²) < 4.78 is 10.7. The van der Waals surface area contributed by atoms with Crippen molar-refractivity contribution in [3.8, 4) is 11.5 Å². The fraction of sp³-hybridized carbons (Fsp3) is 0.462. The third-order valence-electron chi connectivity index (χ3n) is 6.30. The number of nitrogens with zero attached hydrogens (tertiary/aromatic N) is 1. The first-order valence-electron chi connectivity index (χ1n) is 11.6. The summed E-state index contributed by atoms with van der Waals surface area (Å²) >= 11 is 12.4. The Morgan fingerprint density at radius 1 is 1.06 bits per heavy atom. The van der Waals surface area contributed by atoms with Gasteiger partial charge >= 0.3 is 0 Å². The molecular weight excluding hydrogens is 475 g/mol. The van der Waals surface area contributed by atoms with Gasteiger partial charge in [-0.05, 0) is 61.6 Å². The molecular formula is C26H32Cl2N2O4. The van der Waals surface area contributed by atoms with Gasteiger partial charge in [0, 0.05) is 29.1 Å². The first-order valence-corrected chi connectivity index (χ1v) is 12.3. The molecule has 0 aromatic heterocycles. The SMILES string of the molecule is COc1ccc(CCC(=O)N(Cc2ccc(Cl)cc2Cl)C(C)C(=O)NC2CCCC2)cc1OC. The third-order valence-corrected chi connectivity index (χ3v) is 6.89. The second kappa shape index (κ2) is 12.3. The van der Waals surface area contributed by atoms with Gasteiger partial charge in [-0.15, -0.1) is 0 Å². The zero-order valence-corrected chi connectivity index (χ0v) is 21.4. The monoisotopic (exact) mass is 506 g/mol. The van der Waals surface area contributed by atoms with Crippen molar-refractivity contribution in [3.05, 3.63) is 57.6 Å². The van der Waals surface area contributed by atoms with Crippen LogP contribution in [0.1, 0.15) is 50.2 Å². The number of ether oxygens (including phenoxy) is 2. The quantitative estimate of drug-likeness (QED) is 0.467. The Balaban J connectivity index is 1.75. The van der Waals surface area contributed by atoms with Crippen LogP contribution in [-0.4, -0.2) is 43.0 Å². The van der Waals surface area contributed by atoms with Crippen LogP contribution in [0.5, 0.6) is 11.5 Å². The lowest BCUT2D eigenvalue weighted by Gasteiger charge is -2.30. The minimum absolute atomic E-state index is 0.130. The molecule has 6 nitrogen and oxygen atoms in total. The number of nitrogens with one attached hydrogen (secondary N) is 1. The van der Waals surface area contributed by atoms with Crippen molar-refractivity contribution in [2.45, 2.75) is 64.1 Å². The number of carbonyl (C=O) groups excluding carboxylic acids is 2. The number of halogens is 2. The zero-order valence-electron chi connectivity index (χ0n) is 19.9. The smallest absolute Gasteiger partial charge is 0.242 e. The van der Waals surface area contributed by atoms with Crippen LogP contribution in [0.4, 0.5) is 0 Å². The molecule has 8 heteroatoms. The molecule has 184 valence electrons. The number of amides is 2. The van der Waals surface area contributed by atoms with Crippen molar-refractivity contribution in [2.24, 2.45) is 0 Å². The molecule has 1 unspecified atom stereocenters. The Labute approximate surface area is 211 Å². The summed E-state index contributed by atoms with van der Waals surface area (Å²) in [5.41, 5.74) is 1.68. The van der Waals surface area contributed by atoms with Gasteiger partial charge in [0.05, 0.1) is 14.2 Å². The van der Waals surface area contributed by atoms with Gasteiger partial charge in [-0.2, -0.15) is 0 Å². The molecule has 1 fully saturated rings. The number of aryl methyl sites for hydroxylation is 1. The lowest BCUT2D eigenvalue weighted by molar-refractivity contribution is -0.140. The molecule has 1 aliphatic carbocycles. The summed E-state index contributed by atoms with van der Waals surface area (Å²) in [4.78, 5) is 28.0. The number of hydrogen-bond donors (Lipinski definition) is 1. The van der Waals surface area contributed by atoms with Crippen molar-refractivity contribution in [1.29, 1.82) is 0 Å². The van der Waals surface area contributed by atoms with Crippen molar-refractivity contribution in [2.75, 3.05) is 14.2 Å². The maximum Gasteiger partial charge on any atom is 0.242 e. The fourth-order valence-electron chi connectivity index (χ4n) is 4.24. The van der Waals surface area contributed by atoms with E-state index in [0.29, 0.717) is 28.0 Å². The van der Waals surface area contributed by atoms with E-state index >= 15 is 0 Å². The Kier molecular flexibility index (Phi) is 9.48. The standard InChI is InChI=1S/C26H32Cl2N2O4/c1-17(26(32)29-21-6-4-5-7-21)30(16-19-10-11-20(27)15-22(19)28)25(31)13-9-18-8-12-23(33-2)24(14-18)34-3/h8,10-12,14-15,17,21H,4-7,9,13,16H2,1-3H3,(H,29,32). The molecule has 1 N–H and O–H groups in total. The second-order valence-electron chi connectivity index (χ2n) is 8.61. The van der Waals surface area contributed by atoms with Crippen LogP contribution in [0.3, 0.4) is 0 Å². The van der Waals surface area contributed by atoms with Crippen molar-refractivity contribution >= 4 is 35.0 Å². The Bertz CT molecular complexity index is 1010. The van der Waals surface area contributed by atoms with Gasteiger partial charge in [0.15, 0.2) is 11.5 Å². The molecule has 2 amide bonds. The van der Waals surface area contributed by atoms with Gasteiger partial charge in [0.2, 0.25) is 11.8 Å². The van der Waals surface area contributed by atoms with Gasteiger partial charge in [-0.1, -0.05) is 48.2 Å². The van der Waals surface area contributed by atoms with Gasteiger partial charge in [0.1, 0.15) is 6.04 Å². The van der Waals surface area contributed by atoms with Crippen molar-refractivity contribution in [3.63, 3.8) is 0 Å².